The van der Waals surface area contributed by atoms with E-state index in [0.717, 1.165) is 10.8 Å². The summed E-state index contributed by atoms with van der Waals surface area (Å²) in [7, 11) is 0. The standard InChI is InChI=1S/C22H20N2O3/c25-21(18-10-9-16-5-1-2-6-17(16)15-18)23-20-8-4-3-7-19(20)22(26)24-11-13-27-14-12-24/h1-10,15H,11-14H2,(H,23,25). The summed E-state index contributed by atoms with van der Waals surface area (Å²) < 4.78 is 5.31. The molecular formula is C22H20N2O3. The first-order valence-corrected chi connectivity index (χ1v) is 8.98. The number of nitrogens with one attached hydrogen (secondary N) is 1. The molecule has 1 fully saturated rings. The average Bonchev–Trinajstić information content (AvgIpc) is 2.74. The highest BCUT2D eigenvalue weighted by Crippen LogP contribution is 2.21. The van der Waals surface area contributed by atoms with Gasteiger partial charge >= 0.3 is 0 Å². The minimum absolute atomic E-state index is 0.0901. The third-order valence-electron chi connectivity index (χ3n) is 4.72. The predicted molar refractivity (Wildman–Crippen MR) is 105 cm³/mol. The Morgan fingerprint density at radius 3 is 2.37 bits per heavy atom. The van der Waals surface area contributed by atoms with Gasteiger partial charge in [-0.1, -0.05) is 42.5 Å². The fraction of sp³-hybridized carbons (Fsp3) is 0.182. The van der Waals surface area contributed by atoms with Crippen molar-refractivity contribution in [3.8, 4) is 0 Å². The summed E-state index contributed by atoms with van der Waals surface area (Å²) in [5, 5.41) is 4.98. The Kier molecular flexibility index (Phi) is 4.85. The second-order valence-electron chi connectivity index (χ2n) is 6.47. The van der Waals surface area contributed by atoms with Crippen molar-refractivity contribution < 1.29 is 14.3 Å². The zero-order valence-electron chi connectivity index (χ0n) is 14.9. The average molecular weight is 360 g/mol. The lowest BCUT2D eigenvalue weighted by molar-refractivity contribution is 0.0303. The van der Waals surface area contributed by atoms with Crippen LogP contribution < -0.4 is 5.32 Å². The maximum atomic E-state index is 12.8. The van der Waals surface area contributed by atoms with Gasteiger partial charge < -0.3 is 15.0 Å². The number of para-hydroxylation sites is 1. The molecule has 4 rings (SSSR count). The molecule has 0 spiro atoms. The minimum atomic E-state index is -0.233. The molecule has 1 aliphatic rings. The van der Waals surface area contributed by atoms with Crippen LogP contribution in [0.2, 0.25) is 0 Å². The lowest BCUT2D eigenvalue weighted by Crippen LogP contribution is -2.41. The van der Waals surface area contributed by atoms with Gasteiger partial charge in [0.15, 0.2) is 0 Å². The van der Waals surface area contributed by atoms with Gasteiger partial charge in [-0.3, -0.25) is 9.59 Å². The molecule has 5 heteroatoms. The van der Waals surface area contributed by atoms with Crippen molar-refractivity contribution in [1.82, 2.24) is 4.90 Å². The van der Waals surface area contributed by atoms with Crippen molar-refractivity contribution in [2.45, 2.75) is 0 Å². The number of hydrogen-bond acceptors (Lipinski definition) is 3. The van der Waals surface area contributed by atoms with E-state index in [1.165, 1.54) is 0 Å². The van der Waals surface area contributed by atoms with Crippen molar-refractivity contribution in [3.63, 3.8) is 0 Å². The third kappa shape index (κ3) is 3.68. The molecule has 136 valence electrons. The van der Waals surface area contributed by atoms with Crippen molar-refractivity contribution in [3.05, 3.63) is 77.9 Å². The fourth-order valence-corrected chi connectivity index (χ4v) is 3.24. The van der Waals surface area contributed by atoms with Gasteiger partial charge in [-0.25, -0.2) is 0 Å². The molecule has 5 nitrogen and oxygen atoms in total. The molecule has 3 aromatic rings. The summed E-state index contributed by atoms with van der Waals surface area (Å²) in [5.41, 5.74) is 1.57. The van der Waals surface area contributed by atoms with Gasteiger partial charge in [0.2, 0.25) is 0 Å². The smallest absolute Gasteiger partial charge is 0.256 e. The summed E-state index contributed by atoms with van der Waals surface area (Å²) in [6.45, 7) is 2.20. The molecule has 0 radical (unpaired) electrons. The van der Waals surface area contributed by atoms with Crippen LogP contribution in [0.4, 0.5) is 5.69 Å². The topological polar surface area (TPSA) is 58.6 Å². The van der Waals surface area contributed by atoms with Gasteiger partial charge in [0.1, 0.15) is 0 Å². The number of benzene rings is 3. The first-order chi connectivity index (χ1) is 13.2. The molecule has 0 aliphatic carbocycles. The zero-order valence-corrected chi connectivity index (χ0v) is 14.9. The Hall–Kier alpha value is -3.18. The Morgan fingerprint density at radius 1 is 0.852 bits per heavy atom. The maximum Gasteiger partial charge on any atom is 0.256 e. The number of carbonyl (C=O) groups excluding carboxylic acids is 2. The van der Waals surface area contributed by atoms with Crippen LogP contribution in [0, 0.1) is 0 Å². The second kappa shape index (κ2) is 7.60. The van der Waals surface area contributed by atoms with Gasteiger partial charge in [0.25, 0.3) is 11.8 Å². The summed E-state index contributed by atoms with van der Waals surface area (Å²) in [6.07, 6.45) is 0. The van der Waals surface area contributed by atoms with Crippen LogP contribution in [0.5, 0.6) is 0 Å². The lowest BCUT2D eigenvalue weighted by Gasteiger charge is -2.27. The number of carbonyl (C=O) groups is 2. The molecule has 0 bridgehead atoms. The molecule has 0 saturated carbocycles. The molecule has 1 saturated heterocycles. The van der Waals surface area contributed by atoms with E-state index in [0.29, 0.717) is 43.1 Å². The lowest BCUT2D eigenvalue weighted by atomic mass is 10.1. The Bertz CT molecular complexity index is 994. The predicted octanol–water partition coefficient (Wildman–Crippen LogP) is 3.56. The number of hydrogen-bond donors (Lipinski definition) is 1. The molecule has 2 amide bonds. The van der Waals surface area contributed by atoms with Gasteiger partial charge in [-0.2, -0.15) is 0 Å². The van der Waals surface area contributed by atoms with Crippen molar-refractivity contribution in [2.75, 3.05) is 31.6 Å². The highest BCUT2D eigenvalue weighted by Gasteiger charge is 2.21. The highest BCUT2D eigenvalue weighted by atomic mass is 16.5. The number of nitrogens with zero attached hydrogens (tertiary/aromatic N) is 1. The molecule has 0 atom stereocenters. The van der Waals surface area contributed by atoms with E-state index in [1.807, 2.05) is 42.5 Å². The second-order valence-corrected chi connectivity index (χ2v) is 6.47. The van der Waals surface area contributed by atoms with E-state index >= 15 is 0 Å². The largest absolute Gasteiger partial charge is 0.378 e. The van der Waals surface area contributed by atoms with Gasteiger partial charge in [0.05, 0.1) is 24.5 Å². The Morgan fingerprint density at radius 2 is 1.56 bits per heavy atom. The van der Waals surface area contributed by atoms with Gasteiger partial charge in [-0.15, -0.1) is 0 Å². The van der Waals surface area contributed by atoms with Gasteiger partial charge in [-0.05, 0) is 35.0 Å². The number of fused-ring (bicyclic) bond motifs is 1. The van der Waals surface area contributed by atoms with Crippen LogP contribution in [0.25, 0.3) is 10.8 Å². The van der Waals surface area contributed by atoms with Crippen LogP contribution >= 0.6 is 0 Å². The molecule has 0 unspecified atom stereocenters. The van der Waals surface area contributed by atoms with E-state index in [-0.39, 0.29) is 11.8 Å². The Labute approximate surface area is 157 Å². The zero-order chi connectivity index (χ0) is 18.6. The van der Waals surface area contributed by atoms with Crippen molar-refractivity contribution in [1.29, 1.82) is 0 Å². The quantitative estimate of drug-likeness (QED) is 0.777. The molecule has 27 heavy (non-hydrogen) atoms. The summed E-state index contributed by atoms with van der Waals surface area (Å²) >= 11 is 0. The van der Waals surface area contributed by atoms with Crippen LogP contribution in [-0.4, -0.2) is 43.0 Å². The van der Waals surface area contributed by atoms with Gasteiger partial charge in [0, 0.05) is 18.7 Å². The number of anilines is 1. The highest BCUT2D eigenvalue weighted by molar-refractivity contribution is 6.10. The first kappa shape index (κ1) is 17.2. The van der Waals surface area contributed by atoms with E-state index in [4.69, 9.17) is 4.74 Å². The fourth-order valence-electron chi connectivity index (χ4n) is 3.24. The van der Waals surface area contributed by atoms with E-state index in [2.05, 4.69) is 5.32 Å². The van der Waals surface area contributed by atoms with E-state index in [9.17, 15) is 9.59 Å². The number of ether oxygens (including phenoxy) is 1. The number of morpholine rings is 1. The molecule has 1 aliphatic heterocycles. The normalized spacial score (nSPS) is 14.1. The molecular weight excluding hydrogens is 340 g/mol. The van der Waals surface area contributed by atoms with Crippen molar-refractivity contribution in [2.24, 2.45) is 0 Å². The monoisotopic (exact) mass is 360 g/mol. The summed E-state index contributed by atoms with van der Waals surface area (Å²) in [6, 6.07) is 20.6. The SMILES string of the molecule is O=C(Nc1ccccc1C(=O)N1CCOCC1)c1ccc2ccccc2c1. The van der Waals surface area contributed by atoms with Crippen LogP contribution in [0.15, 0.2) is 66.7 Å². The van der Waals surface area contributed by atoms with Crippen LogP contribution in [0.3, 0.4) is 0 Å². The van der Waals surface area contributed by atoms with Crippen molar-refractivity contribution >= 4 is 28.3 Å². The molecule has 1 heterocycles. The minimum Gasteiger partial charge on any atom is -0.378 e. The molecule has 1 N–H and O–H groups in total. The van der Waals surface area contributed by atoms with E-state index in [1.54, 1.807) is 29.2 Å². The summed E-state index contributed by atoms with van der Waals surface area (Å²) in [5.74, 6) is -0.323. The first-order valence-electron chi connectivity index (χ1n) is 8.98. The molecule has 3 aromatic carbocycles. The van der Waals surface area contributed by atoms with Crippen LogP contribution in [0.1, 0.15) is 20.7 Å². The number of rotatable bonds is 3. The Balaban J connectivity index is 1.58. The molecule has 0 aromatic heterocycles. The maximum absolute atomic E-state index is 12.8. The van der Waals surface area contributed by atoms with E-state index < -0.39 is 0 Å². The van der Waals surface area contributed by atoms with Crippen LogP contribution in [-0.2, 0) is 4.74 Å². The number of amides is 2. The summed E-state index contributed by atoms with van der Waals surface area (Å²) in [4.78, 5) is 27.3. The third-order valence-corrected chi connectivity index (χ3v) is 4.72.